The number of hydrogen-bond donors (Lipinski definition) is 0. The number of pyridine rings is 1. The van der Waals surface area contributed by atoms with Crippen LogP contribution in [-0.2, 0) is 0 Å². The Kier molecular flexibility index (Phi) is 3.63. The van der Waals surface area contributed by atoms with Crippen LogP contribution in [0.2, 0.25) is 5.02 Å². The van der Waals surface area contributed by atoms with Crippen LogP contribution in [0.1, 0.15) is 49.2 Å². The molecule has 1 aliphatic carbocycles. The fourth-order valence-electron chi connectivity index (χ4n) is 3.67. The lowest BCUT2D eigenvalue weighted by Gasteiger charge is -2.33. The largest absolute Gasteiger partial charge is 0.371 e. The highest BCUT2D eigenvalue weighted by molar-refractivity contribution is 6.31. The van der Waals surface area contributed by atoms with Crippen LogP contribution in [0.25, 0.3) is 10.9 Å². The molecule has 5 rings (SSSR count). The maximum atomic E-state index is 6.19. The molecule has 0 spiro atoms. The molecule has 2 fully saturated rings. The predicted octanol–water partition coefficient (Wildman–Crippen LogP) is 4.53. The second-order valence-electron chi connectivity index (χ2n) is 7.02. The van der Waals surface area contributed by atoms with Crippen molar-refractivity contribution in [3.63, 3.8) is 0 Å². The summed E-state index contributed by atoms with van der Waals surface area (Å²) >= 11 is 6.19. The molecule has 0 unspecified atom stereocenters. The third kappa shape index (κ3) is 2.86. The third-order valence-corrected chi connectivity index (χ3v) is 5.50. The SMILES string of the molecule is Clc1ccc2nccc(N3CCC(c4noc(C5CC5)n4)CC3)c2c1. The zero-order valence-corrected chi connectivity index (χ0v) is 14.6. The first-order chi connectivity index (χ1) is 12.3. The van der Waals surface area contributed by atoms with Gasteiger partial charge in [0.15, 0.2) is 5.82 Å². The van der Waals surface area contributed by atoms with Crippen molar-refractivity contribution in [2.75, 3.05) is 18.0 Å². The van der Waals surface area contributed by atoms with E-state index >= 15 is 0 Å². The van der Waals surface area contributed by atoms with Crippen molar-refractivity contribution < 1.29 is 4.52 Å². The minimum absolute atomic E-state index is 0.393. The van der Waals surface area contributed by atoms with E-state index < -0.39 is 0 Å². The van der Waals surface area contributed by atoms with Gasteiger partial charge in [-0.15, -0.1) is 0 Å². The van der Waals surface area contributed by atoms with Crippen molar-refractivity contribution in [2.45, 2.75) is 37.5 Å². The molecule has 2 aromatic heterocycles. The quantitative estimate of drug-likeness (QED) is 0.691. The van der Waals surface area contributed by atoms with Gasteiger partial charge >= 0.3 is 0 Å². The van der Waals surface area contributed by atoms with E-state index in [-0.39, 0.29) is 0 Å². The number of benzene rings is 1. The molecule has 1 aliphatic heterocycles. The van der Waals surface area contributed by atoms with E-state index in [1.807, 2.05) is 24.4 Å². The zero-order chi connectivity index (χ0) is 16.8. The number of anilines is 1. The maximum Gasteiger partial charge on any atom is 0.229 e. The molecule has 0 bridgehead atoms. The lowest BCUT2D eigenvalue weighted by molar-refractivity contribution is 0.365. The Balaban J connectivity index is 1.35. The summed E-state index contributed by atoms with van der Waals surface area (Å²) in [5.41, 5.74) is 2.19. The molecule has 1 aromatic carbocycles. The van der Waals surface area contributed by atoms with E-state index in [0.717, 1.165) is 53.6 Å². The van der Waals surface area contributed by atoms with Gasteiger partial charge in [-0.2, -0.15) is 4.98 Å². The maximum absolute atomic E-state index is 6.19. The van der Waals surface area contributed by atoms with E-state index in [9.17, 15) is 0 Å². The Hall–Kier alpha value is -2.14. The van der Waals surface area contributed by atoms with Gasteiger partial charge in [-0.3, -0.25) is 4.98 Å². The Morgan fingerprint density at radius 3 is 2.68 bits per heavy atom. The molecule has 2 aliphatic rings. The molecule has 0 radical (unpaired) electrons. The molecule has 0 amide bonds. The summed E-state index contributed by atoms with van der Waals surface area (Å²) in [6.07, 6.45) is 6.33. The number of nitrogens with zero attached hydrogens (tertiary/aromatic N) is 4. The van der Waals surface area contributed by atoms with E-state index in [4.69, 9.17) is 16.1 Å². The first kappa shape index (κ1) is 15.1. The summed E-state index contributed by atoms with van der Waals surface area (Å²) in [5.74, 6) is 2.65. The summed E-state index contributed by atoms with van der Waals surface area (Å²) < 4.78 is 5.43. The molecular weight excluding hydrogens is 336 g/mol. The molecule has 3 aromatic rings. The highest BCUT2D eigenvalue weighted by atomic mass is 35.5. The summed E-state index contributed by atoms with van der Waals surface area (Å²) in [5, 5.41) is 6.09. The van der Waals surface area contributed by atoms with Crippen LogP contribution in [0.5, 0.6) is 0 Å². The minimum atomic E-state index is 0.393. The fraction of sp³-hybridized carbons (Fsp3) is 0.421. The van der Waals surface area contributed by atoms with E-state index in [1.165, 1.54) is 18.5 Å². The van der Waals surface area contributed by atoms with E-state index in [1.54, 1.807) is 0 Å². The molecule has 6 heteroatoms. The van der Waals surface area contributed by atoms with E-state index in [2.05, 4.69) is 26.1 Å². The van der Waals surface area contributed by atoms with Crippen molar-refractivity contribution in [1.82, 2.24) is 15.1 Å². The summed E-state index contributed by atoms with van der Waals surface area (Å²) in [7, 11) is 0. The lowest BCUT2D eigenvalue weighted by atomic mass is 9.95. The third-order valence-electron chi connectivity index (χ3n) is 5.27. The van der Waals surface area contributed by atoms with Crippen LogP contribution in [0.3, 0.4) is 0 Å². The Labute approximate surface area is 151 Å². The Morgan fingerprint density at radius 1 is 1.04 bits per heavy atom. The normalized spacial score (nSPS) is 18.8. The van der Waals surface area contributed by atoms with Crippen molar-refractivity contribution in [3.8, 4) is 0 Å². The molecule has 1 saturated carbocycles. The average molecular weight is 355 g/mol. The van der Waals surface area contributed by atoms with Crippen molar-refractivity contribution >= 4 is 28.2 Å². The van der Waals surface area contributed by atoms with Crippen LogP contribution < -0.4 is 4.90 Å². The summed E-state index contributed by atoms with van der Waals surface area (Å²) in [6, 6.07) is 7.96. The van der Waals surface area contributed by atoms with Crippen LogP contribution in [0.4, 0.5) is 5.69 Å². The van der Waals surface area contributed by atoms with Gasteiger partial charge in [0.25, 0.3) is 0 Å². The molecule has 25 heavy (non-hydrogen) atoms. The number of piperidine rings is 1. The highest BCUT2D eigenvalue weighted by Crippen LogP contribution is 2.40. The number of halogens is 1. The summed E-state index contributed by atoms with van der Waals surface area (Å²) in [6.45, 7) is 1.95. The predicted molar refractivity (Wildman–Crippen MR) is 97.2 cm³/mol. The van der Waals surface area contributed by atoms with Crippen LogP contribution in [-0.4, -0.2) is 28.2 Å². The number of fused-ring (bicyclic) bond motifs is 1. The van der Waals surface area contributed by atoms with Gasteiger partial charge in [0.05, 0.1) is 5.52 Å². The molecule has 5 nitrogen and oxygen atoms in total. The average Bonchev–Trinajstić information content (AvgIpc) is 3.38. The Bertz CT molecular complexity index is 913. The van der Waals surface area contributed by atoms with Crippen LogP contribution in [0.15, 0.2) is 35.0 Å². The fourth-order valence-corrected chi connectivity index (χ4v) is 3.84. The number of rotatable bonds is 3. The molecule has 128 valence electrons. The van der Waals surface area contributed by atoms with Gasteiger partial charge in [0, 0.05) is 47.2 Å². The standard InChI is InChI=1S/C19H19ClN4O/c20-14-3-4-16-15(11-14)17(5-8-21-16)24-9-6-12(7-10-24)18-22-19(25-23-18)13-1-2-13/h3-5,8,11-13H,1-2,6-7,9-10H2. The minimum Gasteiger partial charge on any atom is -0.371 e. The molecular formula is C19H19ClN4O. The van der Waals surface area contributed by atoms with Crippen LogP contribution in [0, 0.1) is 0 Å². The van der Waals surface area contributed by atoms with Crippen molar-refractivity contribution in [3.05, 3.63) is 47.2 Å². The van der Waals surface area contributed by atoms with Gasteiger partial charge in [-0.05, 0) is 49.9 Å². The van der Waals surface area contributed by atoms with Gasteiger partial charge in [-0.1, -0.05) is 16.8 Å². The monoisotopic (exact) mass is 354 g/mol. The zero-order valence-electron chi connectivity index (χ0n) is 13.9. The second kappa shape index (κ2) is 5.99. The lowest BCUT2D eigenvalue weighted by Crippen LogP contribution is -2.33. The van der Waals surface area contributed by atoms with Crippen molar-refractivity contribution in [1.29, 1.82) is 0 Å². The molecule has 1 saturated heterocycles. The topological polar surface area (TPSA) is 55.1 Å². The number of hydrogen-bond acceptors (Lipinski definition) is 5. The molecule has 0 N–H and O–H groups in total. The second-order valence-corrected chi connectivity index (χ2v) is 7.45. The highest BCUT2D eigenvalue weighted by Gasteiger charge is 2.32. The molecule has 3 heterocycles. The van der Waals surface area contributed by atoms with Gasteiger partial charge in [-0.25, -0.2) is 0 Å². The van der Waals surface area contributed by atoms with Gasteiger partial charge < -0.3 is 9.42 Å². The van der Waals surface area contributed by atoms with Gasteiger partial charge in [0.2, 0.25) is 5.89 Å². The van der Waals surface area contributed by atoms with E-state index in [0.29, 0.717) is 11.8 Å². The summed E-state index contributed by atoms with van der Waals surface area (Å²) in [4.78, 5) is 11.5. The first-order valence-electron chi connectivity index (χ1n) is 8.90. The van der Waals surface area contributed by atoms with Crippen LogP contribution >= 0.6 is 11.6 Å². The molecule has 0 atom stereocenters. The number of aromatic nitrogens is 3. The van der Waals surface area contributed by atoms with Crippen molar-refractivity contribution in [2.24, 2.45) is 0 Å². The smallest absolute Gasteiger partial charge is 0.229 e. The Morgan fingerprint density at radius 2 is 1.88 bits per heavy atom. The van der Waals surface area contributed by atoms with Gasteiger partial charge in [0.1, 0.15) is 0 Å². The first-order valence-corrected chi connectivity index (χ1v) is 9.28.